The monoisotopic (exact) mass is 389 g/mol. The number of rotatable bonds is 5. The number of nitrogens with one attached hydrogen (secondary N) is 3. The Balaban J connectivity index is 1.74. The van der Waals surface area contributed by atoms with Crippen molar-refractivity contribution in [3.05, 3.63) is 64.2 Å². The molecule has 0 spiro atoms. The maximum absolute atomic E-state index is 12.2. The van der Waals surface area contributed by atoms with Crippen LogP contribution in [0.4, 0.5) is 5.69 Å². The van der Waals surface area contributed by atoms with Gasteiger partial charge in [-0.15, -0.1) is 0 Å². The van der Waals surface area contributed by atoms with E-state index >= 15 is 0 Å². The van der Waals surface area contributed by atoms with Gasteiger partial charge in [0.1, 0.15) is 0 Å². The summed E-state index contributed by atoms with van der Waals surface area (Å²) in [6, 6.07) is 12.5. The second-order valence-electron chi connectivity index (χ2n) is 5.86. The van der Waals surface area contributed by atoms with Crippen LogP contribution in [-0.4, -0.2) is 16.8 Å². The van der Waals surface area contributed by atoms with E-state index in [4.69, 9.17) is 23.8 Å². The lowest BCUT2D eigenvalue weighted by Gasteiger charge is -2.11. The van der Waals surface area contributed by atoms with E-state index in [1.807, 2.05) is 26.0 Å². The largest absolute Gasteiger partial charge is 0.331 e. The minimum atomic E-state index is -0.317. The first-order chi connectivity index (χ1) is 12.3. The fraction of sp³-hybridized carbons (Fsp3) is 0.211. The fourth-order valence-corrected chi connectivity index (χ4v) is 2.47. The number of thiocarbonyl (C=S) groups is 1. The van der Waals surface area contributed by atoms with E-state index in [1.165, 1.54) is 0 Å². The number of hydrazine groups is 1. The number of Topliss-reactive ketones (excluding diaryl/α,β-unsaturated/α-hetero) is 1. The summed E-state index contributed by atoms with van der Waals surface area (Å²) in [6.45, 7) is 3.95. The van der Waals surface area contributed by atoms with E-state index in [-0.39, 0.29) is 29.6 Å². The molecule has 3 N–H and O–H groups in total. The van der Waals surface area contributed by atoms with E-state index in [0.29, 0.717) is 10.6 Å². The number of anilines is 1. The number of hydrogen-bond donors (Lipinski definition) is 3. The van der Waals surface area contributed by atoms with Gasteiger partial charge < -0.3 is 5.32 Å². The molecular formula is C19H20ClN3O2S. The van der Waals surface area contributed by atoms with Crippen molar-refractivity contribution in [1.29, 1.82) is 0 Å². The van der Waals surface area contributed by atoms with Crippen molar-refractivity contribution in [2.45, 2.75) is 26.7 Å². The minimum Gasteiger partial charge on any atom is -0.331 e. The number of halogens is 1. The number of ketones is 1. The summed E-state index contributed by atoms with van der Waals surface area (Å²) in [5.74, 6) is -0.382. The summed E-state index contributed by atoms with van der Waals surface area (Å²) in [5, 5.41) is 3.77. The van der Waals surface area contributed by atoms with Crippen LogP contribution in [-0.2, 0) is 4.79 Å². The second kappa shape index (κ2) is 9.31. The van der Waals surface area contributed by atoms with Gasteiger partial charge in [0.05, 0.1) is 0 Å². The van der Waals surface area contributed by atoms with E-state index in [0.717, 1.165) is 16.8 Å². The number of benzene rings is 2. The van der Waals surface area contributed by atoms with Crippen molar-refractivity contribution >= 4 is 46.3 Å². The van der Waals surface area contributed by atoms with Crippen LogP contribution < -0.4 is 16.2 Å². The highest BCUT2D eigenvalue weighted by molar-refractivity contribution is 7.80. The van der Waals surface area contributed by atoms with Gasteiger partial charge in [0.2, 0.25) is 5.91 Å². The Morgan fingerprint density at radius 2 is 1.65 bits per heavy atom. The Labute approximate surface area is 163 Å². The molecule has 0 saturated heterocycles. The second-order valence-corrected chi connectivity index (χ2v) is 6.70. The molecule has 2 aromatic rings. The highest BCUT2D eigenvalue weighted by atomic mass is 35.5. The van der Waals surface area contributed by atoms with E-state index in [9.17, 15) is 9.59 Å². The van der Waals surface area contributed by atoms with Crippen molar-refractivity contribution in [3.63, 3.8) is 0 Å². The highest BCUT2D eigenvalue weighted by Crippen LogP contribution is 2.13. The predicted octanol–water partition coefficient (Wildman–Crippen LogP) is 3.94. The van der Waals surface area contributed by atoms with E-state index in [1.54, 1.807) is 30.3 Å². The van der Waals surface area contributed by atoms with Crippen molar-refractivity contribution in [3.8, 4) is 0 Å². The summed E-state index contributed by atoms with van der Waals surface area (Å²) in [7, 11) is 0. The molecule has 0 aliphatic rings. The molecule has 0 unspecified atom stereocenters. The van der Waals surface area contributed by atoms with Crippen LogP contribution in [0, 0.1) is 13.8 Å². The molecule has 1 amide bonds. The molecule has 0 saturated carbocycles. The molecule has 0 aromatic heterocycles. The Hall–Kier alpha value is -2.44. The molecule has 0 aliphatic carbocycles. The molecule has 136 valence electrons. The van der Waals surface area contributed by atoms with Crippen LogP contribution in [0.5, 0.6) is 0 Å². The van der Waals surface area contributed by atoms with Crippen molar-refractivity contribution in [1.82, 2.24) is 10.9 Å². The van der Waals surface area contributed by atoms with Gasteiger partial charge in [-0.2, -0.15) is 0 Å². The number of carbonyl (C=O) groups is 2. The van der Waals surface area contributed by atoms with Gasteiger partial charge in [0, 0.05) is 29.1 Å². The Bertz CT molecular complexity index is 822. The summed E-state index contributed by atoms with van der Waals surface area (Å²) in [6.07, 6.45) is 0.204. The molecule has 2 aromatic carbocycles. The quantitative estimate of drug-likeness (QED) is 0.410. The summed E-state index contributed by atoms with van der Waals surface area (Å²) in [5.41, 5.74) is 8.62. The Kier molecular flexibility index (Phi) is 7.12. The van der Waals surface area contributed by atoms with Crippen LogP contribution >= 0.6 is 23.8 Å². The highest BCUT2D eigenvalue weighted by Gasteiger charge is 2.10. The summed E-state index contributed by atoms with van der Waals surface area (Å²) < 4.78 is 0. The zero-order valence-electron chi connectivity index (χ0n) is 14.6. The molecule has 0 atom stereocenters. The molecule has 0 fully saturated rings. The number of aryl methyl sites for hydroxylation is 2. The number of hydrogen-bond acceptors (Lipinski definition) is 3. The van der Waals surface area contributed by atoms with E-state index in [2.05, 4.69) is 16.2 Å². The lowest BCUT2D eigenvalue weighted by Crippen LogP contribution is -2.43. The van der Waals surface area contributed by atoms with Crippen LogP contribution in [0.15, 0.2) is 42.5 Å². The zero-order valence-corrected chi connectivity index (χ0v) is 16.1. The fourth-order valence-electron chi connectivity index (χ4n) is 2.17. The first-order valence-corrected chi connectivity index (χ1v) is 8.85. The maximum Gasteiger partial charge on any atom is 0.238 e. The first-order valence-electron chi connectivity index (χ1n) is 8.07. The third-order valence-electron chi connectivity index (χ3n) is 3.83. The Morgan fingerprint density at radius 1 is 0.962 bits per heavy atom. The third-order valence-corrected chi connectivity index (χ3v) is 4.28. The molecule has 0 heterocycles. The van der Waals surface area contributed by atoms with Crippen molar-refractivity contribution < 1.29 is 9.59 Å². The predicted molar refractivity (Wildman–Crippen MR) is 108 cm³/mol. The van der Waals surface area contributed by atoms with E-state index < -0.39 is 0 Å². The molecule has 26 heavy (non-hydrogen) atoms. The van der Waals surface area contributed by atoms with Gasteiger partial charge in [0.15, 0.2) is 10.9 Å². The molecule has 0 aliphatic heterocycles. The zero-order chi connectivity index (χ0) is 19.1. The number of amides is 1. The number of carbonyl (C=O) groups excluding carboxylic acids is 2. The molecule has 0 bridgehead atoms. The normalized spacial score (nSPS) is 10.1. The van der Waals surface area contributed by atoms with Crippen LogP contribution in [0.2, 0.25) is 5.02 Å². The van der Waals surface area contributed by atoms with Gasteiger partial charge in [-0.25, -0.2) is 0 Å². The molecular weight excluding hydrogens is 370 g/mol. The molecule has 0 radical (unpaired) electrons. The Morgan fingerprint density at radius 3 is 2.31 bits per heavy atom. The standard InChI is InChI=1S/C19H20ClN3O2S/c1-12-3-4-14(11-13(12)2)17(24)9-10-18(25)22-23-19(26)21-16-7-5-15(20)6-8-16/h3-8,11H,9-10H2,1-2H3,(H,22,25)(H2,21,23,26). The third kappa shape index (κ3) is 6.13. The lowest BCUT2D eigenvalue weighted by molar-refractivity contribution is -0.121. The summed E-state index contributed by atoms with van der Waals surface area (Å²) >= 11 is 10.9. The summed E-state index contributed by atoms with van der Waals surface area (Å²) in [4.78, 5) is 24.0. The SMILES string of the molecule is Cc1ccc(C(=O)CCC(=O)NNC(=S)Nc2ccc(Cl)cc2)cc1C. The molecule has 2 rings (SSSR count). The van der Waals surface area contributed by atoms with Gasteiger partial charge >= 0.3 is 0 Å². The van der Waals surface area contributed by atoms with Gasteiger partial charge in [0.25, 0.3) is 0 Å². The van der Waals surface area contributed by atoms with Crippen LogP contribution in [0.25, 0.3) is 0 Å². The molecule has 7 heteroatoms. The van der Waals surface area contributed by atoms with Crippen LogP contribution in [0.3, 0.4) is 0 Å². The maximum atomic E-state index is 12.2. The minimum absolute atomic E-state index is 0.0647. The average Bonchev–Trinajstić information content (AvgIpc) is 2.62. The topological polar surface area (TPSA) is 70.2 Å². The average molecular weight is 390 g/mol. The first kappa shape index (κ1) is 19.9. The smallest absolute Gasteiger partial charge is 0.238 e. The van der Waals surface area contributed by atoms with Gasteiger partial charge in [-0.3, -0.25) is 20.4 Å². The van der Waals surface area contributed by atoms with Crippen LogP contribution in [0.1, 0.15) is 34.3 Å². The van der Waals surface area contributed by atoms with Crippen molar-refractivity contribution in [2.24, 2.45) is 0 Å². The van der Waals surface area contributed by atoms with Gasteiger partial charge in [-0.05, 0) is 67.5 Å². The molecule has 5 nitrogen and oxygen atoms in total. The van der Waals surface area contributed by atoms with Gasteiger partial charge in [-0.1, -0.05) is 23.7 Å². The lowest BCUT2D eigenvalue weighted by atomic mass is 10.0. The van der Waals surface area contributed by atoms with Crippen molar-refractivity contribution in [2.75, 3.05) is 5.32 Å².